The SMILES string of the molecule is CC/C=C\C/C=C\C/C=C\C/C=C\C/C=C\CCCCCCCCCCCCCC(=O)NC(COC1OC(CO)C(OC2OC(CO)C(O)C(O)C2O)C(O)C1O)C(O)/C=C/CCCCCCCCCCCCCCCCCCCCCCCCCCCC. The molecule has 9 N–H and O–H groups in total. The van der Waals surface area contributed by atoms with Crippen molar-refractivity contribution in [3.8, 4) is 0 Å². The monoisotopic (exact) mass is 1260 g/mol. The first-order chi connectivity index (χ1) is 43.6. The summed E-state index contributed by atoms with van der Waals surface area (Å²) in [6.07, 6.45) is 63.8. The normalized spacial score (nSPS) is 23.4. The average molecular weight is 1260 g/mol. The van der Waals surface area contributed by atoms with E-state index in [-0.39, 0.29) is 18.9 Å². The molecule has 0 aromatic carbocycles. The van der Waals surface area contributed by atoms with Crippen LogP contribution < -0.4 is 5.32 Å². The highest BCUT2D eigenvalue weighted by molar-refractivity contribution is 5.76. The Morgan fingerprint density at radius 1 is 0.416 bits per heavy atom. The Balaban J connectivity index is 1.67. The highest BCUT2D eigenvalue weighted by atomic mass is 16.7. The van der Waals surface area contributed by atoms with Crippen molar-refractivity contribution in [2.75, 3.05) is 19.8 Å². The third-order valence-corrected chi connectivity index (χ3v) is 17.6. The van der Waals surface area contributed by atoms with Crippen LogP contribution in [0.15, 0.2) is 72.9 Å². The summed E-state index contributed by atoms with van der Waals surface area (Å²) in [6, 6.07) is -0.922. The van der Waals surface area contributed by atoms with E-state index in [1.807, 2.05) is 6.08 Å². The van der Waals surface area contributed by atoms with Gasteiger partial charge in [-0.2, -0.15) is 0 Å². The molecule has 0 aliphatic carbocycles. The number of ether oxygens (including phenoxy) is 4. The van der Waals surface area contributed by atoms with Gasteiger partial charge in [0, 0.05) is 6.42 Å². The van der Waals surface area contributed by atoms with Gasteiger partial charge in [-0.15, -0.1) is 0 Å². The lowest BCUT2D eigenvalue weighted by molar-refractivity contribution is -0.359. The van der Waals surface area contributed by atoms with E-state index in [9.17, 15) is 45.6 Å². The lowest BCUT2D eigenvalue weighted by Gasteiger charge is -2.46. The Bertz CT molecular complexity index is 1770. The molecule has 2 fully saturated rings. The number of rotatable bonds is 60. The standard InChI is InChI=1S/C75H135NO13/c1-3-5-7-9-11-13-15-17-19-21-23-25-27-29-31-33-34-36-38-40-42-44-46-48-50-52-54-56-58-64(79)63(62-86-74-72(85)70(83)73(66(61-78)88-74)89-75-71(84)69(82)68(81)65(60-77)87-75)76-67(80)59-57-55-53-51-49-47-45-43-41-39-37-35-32-30-28-26-24-22-20-18-16-14-12-10-8-6-4-2/h6,8,12,14,18,20,24,26,30,32,56,58,63-66,68-75,77-79,81-85H,3-5,7,9-11,13,15-17,19,21-23,25,27-29,31,33-55,57,59-62H2,1-2H3,(H,76,80)/b8-6-,14-12-,20-18-,26-24-,32-30-,58-56+. The summed E-state index contributed by atoms with van der Waals surface area (Å²) in [4.78, 5) is 13.4. The van der Waals surface area contributed by atoms with Gasteiger partial charge in [0.25, 0.3) is 0 Å². The molecule has 12 unspecified atom stereocenters. The molecule has 2 saturated heterocycles. The highest BCUT2D eigenvalue weighted by Crippen LogP contribution is 2.30. The molecule has 2 heterocycles. The summed E-state index contributed by atoms with van der Waals surface area (Å²) in [5.74, 6) is -0.242. The quantitative estimate of drug-likeness (QED) is 0.0204. The van der Waals surface area contributed by atoms with Gasteiger partial charge in [-0.05, 0) is 64.2 Å². The molecule has 0 aromatic heterocycles. The van der Waals surface area contributed by atoms with Gasteiger partial charge >= 0.3 is 0 Å². The molecule has 89 heavy (non-hydrogen) atoms. The van der Waals surface area contributed by atoms with E-state index in [1.165, 1.54) is 199 Å². The number of hydrogen-bond donors (Lipinski definition) is 9. The Kier molecular flexibility index (Phi) is 54.9. The number of nitrogens with one attached hydrogen (secondary N) is 1. The Morgan fingerprint density at radius 3 is 1.19 bits per heavy atom. The first kappa shape index (κ1) is 82.5. The topological polar surface area (TPSA) is 228 Å². The summed E-state index contributed by atoms with van der Waals surface area (Å²) in [5, 5.41) is 87.6. The van der Waals surface area contributed by atoms with Crippen molar-refractivity contribution in [3.05, 3.63) is 72.9 Å². The fraction of sp³-hybridized carbons (Fsp3) is 0.827. The van der Waals surface area contributed by atoms with Crippen molar-refractivity contribution >= 4 is 5.91 Å². The molecule has 0 aromatic rings. The zero-order valence-corrected chi connectivity index (χ0v) is 56.4. The number of hydrogen-bond acceptors (Lipinski definition) is 13. The Hall–Kier alpha value is -2.57. The fourth-order valence-electron chi connectivity index (χ4n) is 11.9. The maximum atomic E-state index is 13.4. The predicted octanol–water partition coefficient (Wildman–Crippen LogP) is 15.4. The molecule has 518 valence electrons. The highest BCUT2D eigenvalue weighted by Gasteiger charge is 2.51. The van der Waals surface area contributed by atoms with Crippen LogP contribution in [0.2, 0.25) is 0 Å². The molecule has 12 atom stereocenters. The van der Waals surface area contributed by atoms with Crippen LogP contribution >= 0.6 is 0 Å². The van der Waals surface area contributed by atoms with Gasteiger partial charge in [-0.1, -0.05) is 305 Å². The third kappa shape index (κ3) is 43.1. The van der Waals surface area contributed by atoms with Crippen LogP contribution in [0.5, 0.6) is 0 Å². The van der Waals surface area contributed by atoms with Crippen molar-refractivity contribution in [3.63, 3.8) is 0 Å². The lowest BCUT2D eigenvalue weighted by Crippen LogP contribution is -2.65. The number of carbonyl (C=O) groups is 1. The minimum atomic E-state index is -1.79. The molecule has 0 spiro atoms. The maximum Gasteiger partial charge on any atom is 0.220 e. The molecule has 2 aliphatic rings. The summed E-state index contributed by atoms with van der Waals surface area (Å²) in [7, 11) is 0. The van der Waals surface area contributed by atoms with Crippen LogP contribution in [0.1, 0.15) is 303 Å². The van der Waals surface area contributed by atoms with Gasteiger partial charge in [0.2, 0.25) is 5.91 Å². The van der Waals surface area contributed by atoms with Gasteiger partial charge in [0.05, 0.1) is 32.0 Å². The van der Waals surface area contributed by atoms with Crippen LogP contribution in [0.25, 0.3) is 0 Å². The first-order valence-corrected chi connectivity index (χ1v) is 36.7. The number of aliphatic hydroxyl groups excluding tert-OH is 8. The van der Waals surface area contributed by atoms with E-state index in [0.29, 0.717) is 6.42 Å². The molecule has 2 aliphatic heterocycles. The van der Waals surface area contributed by atoms with Gasteiger partial charge < -0.3 is 65.1 Å². The van der Waals surface area contributed by atoms with E-state index in [0.717, 1.165) is 77.0 Å². The Labute approximate surface area is 542 Å². The smallest absolute Gasteiger partial charge is 0.220 e. The number of aliphatic hydroxyl groups is 8. The third-order valence-electron chi connectivity index (χ3n) is 17.6. The van der Waals surface area contributed by atoms with Crippen LogP contribution in [-0.2, 0) is 23.7 Å². The van der Waals surface area contributed by atoms with E-state index in [4.69, 9.17) is 18.9 Å². The molecular formula is C75H135NO13. The van der Waals surface area contributed by atoms with Gasteiger partial charge in [-0.3, -0.25) is 4.79 Å². The minimum Gasteiger partial charge on any atom is -0.394 e. The van der Waals surface area contributed by atoms with E-state index >= 15 is 0 Å². The maximum absolute atomic E-state index is 13.4. The lowest BCUT2D eigenvalue weighted by atomic mass is 9.97. The van der Waals surface area contributed by atoms with Crippen LogP contribution in [-0.4, -0.2) is 140 Å². The molecule has 2 rings (SSSR count). The number of amides is 1. The second-order valence-electron chi connectivity index (χ2n) is 25.7. The van der Waals surface area contributed by atoms with Crippen molar-refractivity contribution in [1.82, 2.24) is 5.32 Å². The van der Waals surface area contributed by atoms with Gasteiger partial charge in [0.15, 0.2) is 12.6 Å². The van der Waals surface area contributed by atoms with E-state index in [2.05, 4.69) is 79.9 Å². The first-order valence-electron chi connectivity index (χ1n) is 36.7. The minimum absolute atomic E-state index is 0.242. The molecule has 14 nitrogen and oxygen atoms in total. The molecule has 0 radical (unpaired) electrons. The number of unbranched alkanes of at least 4 members (excludes halogenated alkanes) is 37. The molecule has 1 amide bonds. The van der Waals surface area contributed by atoms with Crippen molar-refractivity contribution < 1.29 is 64.6 Å². The predicted molar refractivity (Wildman–Crippen MR) is 364 cm³/mol. The zero-order valence-electron chi connectivity index (χ0n) is 56.4. The largest absolute Gasteiger partial charge is 0.394 e. The average Bonchev–Trinajstić information content (AvgIpc) is 2.75. The van der Waals surface area contributed by atoms with Gasteiger partial charge in [0.1, 0.15) is 48.8 Å². The summed E-state index contributed by atoms with van der Waals surface area (Å²) >= 11 is 0. The van der Waals surface area contributed by atoms with E-state index in [1.54, 1.807) is 6.08 Å². The fourth-order valence-corrected chi connectivity index (χ4v) is 11.9. The molecule has 0 saturated carbocycles. The molecule has 14 heteroatoms. The summed E-state index contributed by atoms with van der Waals surface area (Å²) in [6.45, 7) is 2.72. The Morgan fingerprint density at radius 2 is 0.775 bits per heavy atom. The van der Waals surface area contributed by atoms with Crippen molar-refractivity contribution in [1.29, 1.82) is 0 Å². The van der Waals surface area contributed by atoms with Crippen LogP contribution in [0.4, 0.5) is 0 Å². The second-order valence-corrected chi connectivity index (χ2v) is 25.7. The number of carbonyl (C=O) groups excluding carboxylic acids is 1. The zero-order chi connectivity index (χ0) is 64.5. The number of allylic oxidation sites excluding steroid dienone is 11. The van der Waals surface area contributed by atoms with Gasteiger partial charge in [-0.25, -0.2) is 0 Å². The van der Waals surface area contributed by atoms with Crippen LogP contribution in [0, 0.1) is 0 Å². The summed E-state index contributed by atoms with van der Waals surface area (Å²) < 4.78 is 22.9. The second kappa shape index (κ2) is 59.2. The van der Waals surface area contributed by atoms with E-state index < -0.39 is 86.8 Å². The van der Waals surface area contributed by atoms with Crippen molar-refractivity contribution in [2.45, 2.75) is 376 Å². The van der Waals surface area contributed by atoms with Crippen LogP contribution in [0.3, 0.4) is 0 Å². The summed E-state index contributed by atoms with van der Waals surface area (Å²) in [5.41, 5.74) is 0. The molecular weight excluding hydrogens is 1120 g/mol. The molecule has 0 bridgehead atoms. The van der Waals surface area contributed by atoms with Crippen molar-refractivity contribution in [2.24, 2.45) is 0 Å².